The van der Waals surface area contributed by atoms with Gasteiger partial charge in [0.15, 0.2) is 0 Å². The Labute approximate surface area is 155 Å². The van der Waals surface area contributed by atoms with Crippen LogP contribution in [0.15, 0.2) is 90.7 Å². The molecule has 0 unspecified atom stereocenters. The van der Waals surface area contributed by atoms with E-state index in [0.717, 1.165) is 22.6 Å². The monoisotopic (exact) mass is 353 g/mol. The number of rotatable bonds is 3. The zero-order chi connectivity index (χ0) is 17.3. The van der Waals surface area contributed by atoms with Crippen molar-refractivity contribution in [3.8, 4) is 28.2 Å². The highest BCUT2D eigenvalue weighted by molar-refractivity contribution is 7.16. The average Bonchev–Trinajstić information content (AvgIpc) is 3.38. The van der Waals surface area contributed by atoms with Crippen LogP contribution >= 0.6 is 11.3 Å². The molecule has 3 aromatic carbocycles. The molecule has 4 heteroatoms. The van der Waals surface area contributed by atoms with Crippen molar-refractivity contribution in [2.75, 3.05) is 0 Å². The largest absolute Gasteiger partial charge is 0.299 e. The lowest BCUT2D eigenvalue weighted by atomic mass is 10.0. The Morgan fingerprint density at radius 1 is 0.731 bits per heavy atom. The van der Waals surface area contributed by atoms with Crippen LogP contribution in [0.4, 0.5) is 0 Å². The highest BCUT2D eigenvalue weighted by Gasteiger charge is 2.15. The Balaban J connectivity index is 1.74. The van der Waals surface area contributed by atoms with Crippen LogP contribution < -0.4 is 0 Å². The first-order chi connectivity index (χ1) is 12.9. The number of imidazole rings is 1. The number of hydrogen-bond acceptors (Lipinski definition) is 3. The summed E-state index contributed by atoms with van der Waals surface area (Å²) in [7, 11) is 0. The smallest absolute Gasteiger partial charge is 0.146 e. The molecule has 2 heterocycles. The average molecular weight is 353 g/mol. The third-order valence-electron chi connectivity index (χ3n) is 4.49. The lowest BCUT2D eigenvalue weighted by Crippen LogP contribution is -1.99. The third kappa shape index (κ3) is 2.43. The summed E-state index contributed by atoms with van der Waals surface area (Å²) in [4.78, 5) is 9.21. The van der Waals surface area contributed by atoms with Crippen molar-refractivity contribution < 1.29 is 0 Å². The molecule has 0 atom stereocenters. The molecule has 0 saturated heterocycles. The van der Waals surface area contributed by atoms with E-state index < -0.39 is 0 Å². The topological polar surface area (TPSA) is 30.7 Å². The van der Waals surface area contributed by atoms with E-state index in [1.807, 2.05) is 24.0 Å². The van der Waals surface area contributed by atoms with Gasteiger partial charge in [0.05, 0.1) is 21.4 Å². The molecule has 0 aliphatic carbocycles. The number of aromatic nitrogens is 3. The van der Waals surface area contributed by atoms with Gasteiger partial charge in [0.2, 0.25) is 0 Å². The van der Waals surface area contributed by atoms with E-state index in [0.29, 0.717) is 0 Å². The van der Waals surface area contributed by atoms with Gasteiger partial charge in [0.25, 0.3) is 0 Å². The van der Waals surface area contributed by atoms with Gasteiger partial charge in [-0.15, -0.1) is 11.3 Å². The van der Waals surface area contributed by atoms with Gasteiger partial charge in [-0.3, -0.25) is 4.57 Å². The van der Waals surface area contributed by atoms with E-state index in [1.54, 1.807) is 11.3 Å². The number of fused-ring (bicyclic) bond motifs is 1. The molecule has 3 nitrogen and oxygen atoms in total. The zero-order valence-corrected chi connectivity index (χ0v) is 14.7. The summed E-state index contributed by atoms with van der Waals surface area (Å²) in [5.41, 5.74) is 7.42. The molecule has 0 aliphatic rings. The molecule has 5 aromatic rings. The summed E-state index contributed by atoms with van der Waals surface area (Å²) in [5.74, 6) is 0.907. The molecular formula is C22H15N3S. The predicted molar refractivity (Wildman–Crippen MR) is 108 cm³/mol. The van der Waals surface area contributed by atoms with Crippen LogP contribution in [0.3, 0.4) is 0 Å². The van der Waals surface area contributed by atoms with Crippen LogP contribution in [0.5, 0.6) is 0 Å². The second-order valence-electron chi connectivity index (χ2n) is 6.01. The first-order valence-corrected chi connectivity index (χ1v) is 9.30. The zero-order valence-electron chi connectivity index (χ0n) is 13.9. The van der Waals surface area contributed by atoms with E-state index in [9.17, 15) is 0 Å². The number of para-hydroxylation sites is 2. The first kappa shape index (κ1) is 15.0. The fourth-order valence-corrected chi connectivity index (χ4v) is 4.01. The van der Waals surface area contributed by atoms with Gasteiger partial charge in [-0.1, -0.05) is 54.6 Å². The maximum Gasteiger partial charge on any atom is 0.146 e. The minimum absolute atomic E-state index is 0.907. The van der Waals surface area contributed by atoms with Crippen molar-refractivity contribution >= 4 is 21.6 Å². The van der Waals surface area contributed by atoms with Crippen molar-refractivity contribution in [2.24, 2.45) is 0 Å². The fourth-order valence-electron chi connectivity index (χ4n) is 3.31. The van der Waals surface area contributed by atoms with Crippen molar-refractivity contribution in [1.29, 1.82) is 0 Å². The molecule has 124 valence electrons. The summed E-state index contributed by atoms with van der Waals surface area (Å²) >= 11 is 1.65. The number of benzene rings is 3. The van der Waals surface area contributed by atoms with Gasteiger partial charge < -0.3 is 0 Å². The van der Waals surface area contributed by atoms with Crippen molar-refractivity contribution in [3.05, 3.63) is 90.7 Å². The molecule has 0 fully saturated rings. The molecule has 0 spiro atoms. The van der Waals surface area contributed by atoms with Crippen LogP contribution in [-0.2, 0) is 0 Å². The third-order valence-corrected chi connectivity index (χ3v) is 5.28. The lowest BCUT2D eigenvalue weighted by molar-refractivity contribution is 1.07. The summed E-state index contributed by atoms with van der Waals surface area (Å²) in [6.45, 7) is 0. The van der Waals surface area contributed by atoms with Gasteiger partial charge in [-0.25, -0.2) is 9.97 Å². The second kappa shape index (κ2) is 6.24. The standard InChI is InChI=1S/C22H15N3S/c1-2-7-16(8-3-1)17-9-4-5-11-19(17)25-14-13-23-22(25)18-10-6-12-20-21(18)24-15-26-20/h1-15H. The highest BCUT2D eigenvalue weighted by Crippen LogP contribution is 2.33. The van der Waals surface area contributed by atoms with Gasteiger partial charge in [-0.05, 0) is 23.8 Å². The van der Waals surface area contributed by atoms with Gasteiger partial charge >= 0.3 is 0 Å². The first-order valence-electron chi connectivity index (χ1n) is 8.42. The molecule has 5 rings (SSSR count). The molecular weight excluding hydrogens is 338 g/mol. The molecule has 0 saturated carbocycles. The molecule has 0 aliphatic heterocycles. The molecule has 26 heavy (non-hydrogen) atoms. The minimum atomic E-state index is 0.907. The van der Waals surface area contributed by atoms with Crippen molar-refractivity contribution in [2.45, 2.75) is 0 Å². The second-order valence-corrected chi connectivity index (χ2v) is 6.90. The maximum atomic E-state index is 4.65. The SMILES string of the molecule is c1ccc(-c2ccccc2-n2ccnc2-c2cccc3scnc23)cc1. The highest BCUT2D eigenvalue weighted by atomic mass is 32.1. The lowest BCUT2D eigenvalue weighted by Gasteiger charge is -2.14. The van der Waals surface area contributed by atoms with Crippen LogP contribution in [0.25, 0.3) is 38.4 Å². The van der Waals surface area contributed by atoms with E-state index in [1.165, 1.54) is 15.8 Å². The Kier molecular flexibility index (Phi) is 3.61. The van der Waals surface area contributed by atoms with Gasteiger partial charge in [0, 0.05) is 23.5 Å². The van der Waals surface area contributed by atoms with Crippen LogP contribution in [0.2, 0.25) is 0 Å². The quantitative estimate of drug-likeness (QED) is 0.409. The van der Waals surface area contributed by atoms with Crippen LogP contribution in [-0.4, -0.2) is 14.5 Å². The number of thiazole rings is 1. The predicted octanol–water partition coefficient (Wildman–Crippen LogP) is 5.82. The number of hydrogen-bond donors (Lipinski definition) is 0. The van der Waals surface area contributed by atoms with Crippen molar-refractivity contribution in [1.82, 2.24) is 14.5 Å². The Morgan fingerprint density at radius 2 is 1.54 bits per heavy atom. The van der Waals surface area contributed by atoms with Crippen LogP contribution in [0.1, 0.15) is 0 Å². The summed E-state index contributed by atoms with van der Waals surface area (Å²) in [6, 6.07) is 25.1. The van der Waals surface area contributed by atoms with E-state index in [2.05, 4.69) is 81.3 Å². The minimum Gasteiger partial charge on any atom is -0.299 e. The van der Waals surface area contributed by atoms with E-state index in [-0.39, 0.29) is 0 Å². The Bertz CT molecular complexity index is 1190. The van der Waals surface area contributed by atoms with Gasteiger partial charge in [-0.2, -0.15) is 0 Å². The summed E-state index contributed by atoms with van der Waals surface area (Å²) < 4.78 is 3.32. The molecule has 0 N–H and O–H groups in total. The normalized spacial score (nSPS) is 11.1. The Morgan fingerprint density at radius 3 is 2.46 bits per heavy atom. The molecule has 0 amide bonds. The Hall–Kier alpha value is -3.24. The molecule has 0 radical (unpaired) electrons. The summed E-state index contributed by atoms with van der Waals surface area (Å²) in [6.07, 6.45) is 3.87. The number of nitrogens with zero attached hydrogens (tertiary/aromatic N) is 3. The van der Waals surface area contributed by atoms with Gasteiger partial charge in [0.1, 0.15) is 5.82 Å². The maximum absolute atomic E-state index is 4.65. The van der Waals surface area contributed by atoms with E-state index in [4.69, 9.17) is 0 Å². The van der Waals surface area contributed by atoms with Crippen LogP contribution in [0, 0.1) is 0 Å². The van der Waals surface area contributed by atoms with E-state index >= 15 is 0 Å². The van der Waals surface area contributed by atoms with Crippen molar-refractivity contribution in [3.63, 3.8) is 0 Å². The summed E-state index contributed by atoms with van der Waals surface area (Å²) in [5, 5.41) is 0. The molecule has 2 aromatic heterocycles. The molecule has 0 bridgehead atoms. The fraction of sp³-hybridized carbons (Fsp3) is 0.